The molecular weight excluding hydrogens is 315 g/mol. The van der Waals surface area contributed by atoms with E-state index in [4.69, 9.17) is 27.7 Å². The van der Waals surface area contributed by atoms with E-state index < -0.39 is 0 Å². The largest absolute Gasteiger partial charge is 0.360 e. The number of aryl methyl sites for hydroxylation is 2. The molecule has 0 unspecified atom stereocenters. The van der Waals surface area contributed by atoms with Crippen molar-refractivity contribution < 1.29 is 9.32 Å². The van der Waals surface area contributed by atoms with Gasteiger partial charge in [0, 0.05) is 12.3 Å². The second-order valence-electron chi connectivity index (χ2n) is 4.52. The highest BCUT2D eigenvalue weighted by atomic mass is 35.5. The normalized spacial score (nSPS) is 11.0. The van der Waals surface area contributed by atoms with Gasteiger partial charge in [-0.05, 0) is 19.9 Å². The number of fused-ring (bicyclic) bond motifs is 1. The molecule has 0 aliphatic carbocycles. The van der Waals surface area contributed by atoms with Crippen LogP contribution < -0.4 is 5.32 Å². The van der Waals surface area contributed by atoms with Crippen molar-refractivity contribution in [1.82, 2.24) is 14.5 Å². The zero-order valence-electron chi connectivity index (χ0n) is 11.1. The van der Waals surface area contributed by atoms with Crippen LogP contribution in [-0.2, 0) is 0 Å². The van der Waals surface area contributed by atoms with Gasteiger partial charge in [0.05, 0.1) is 15.7 Å². The van der Waals surface area contributed by atoms with E-state index in [0.717, 1.165) is 0 Å². The molecule has 0 atom stereocenters. The maximum atomic E-state index is 12.4. The highest BCUT2D eigenvalue weighted by Crippen LogP contribution is 2.24. The molecule has 0 aromatic carbocycles. The number of aromatic nitrogens is 3. The summed E-state index contributed by atoms with van der Waals surface area (Å²) in [7, 11) is 0. The minimum absolute atomic E-state index is 0.333. The van der Waals surface area contributed by atoms with Crippen molar-refractivity contribution >= 4 is 40.6 Å². The second kappa shape index (κ2) is 5.05. The average molecular weight is 325 g/mol. The Morgan fingerprint density at radius 2 is 2.10 bits per heavy atom. The van der Waals surface area contributed by atoms with Gasteiger partial charge in [-0.1, -0.05) is 28.4 Å². The molecule has 21 heavy (non-hydrogen) atoms. The van der Waals surface area contributed by atoms with Crippen LogP contribution in [0.5, 0.6) is 0 Å². The van der Waals surface area contributed by atoms with Gasteiger partial charge in [-0.15, -0.1) is 0 Å². The number of amides is 1. The molecule has 0 saturated heterocycles. The number of pyridine rings is 1. The molecule has 1 N–H and O–H groups in total. The van der Waals surface area contributed by atoms with Crippen molar-refractivity contribution in [1.29, 1.82) is 0 Å². The number of nitrogens with zero attached hydrogens (tertiary/aromatic N) is 3. The van der Waals surface area contributed by atoms with E-state index in [-0.39, 0.29) is 5.91 Å². The quantitative estimate of drug-likeness (QED) is 0.783. The van der Waals surface area contributed by atoms with Gasteiger partial charge < -0.3 is 9.84 Å². The first-order valence-corrected chi connectivity index (χ1v) is 6.79. The van der Waals surface area contributed by atoms with E-state index in [1.165, 1.54) is 0 Å². The van der Waals surface area contributed by atoms with Crippen molar-refractivity contribution in [2.45, 2.75) is 13.8 Å². The monoisotopic (exact) mass is 324 g/mol. The fourth-order valence-corrected chi connectivity index (χ4v) is 2.57. The number of nitrogens with one attached hydrogen (secondary N) is 1. The van der Waals surface area contributed by atoms with Crippen LogP contribution >= 0.6 is 23.2 Å². The van der Waals surface area contributed by atoms with E-state index >= 15 is 0 Å². The Labute approximate surface area is 129 Å². The molecule has 0 fully saturated rings. The summed E-state index contributed by atoms with van der Waals surface area (Å²) in [6, 6.07) is 3.20. The summed E-state index contributed by atoms with van der Waals surface area (Å²) in [4.78, 5) is 16.7. The molecule has 0 spiro atoms. The van der Waals surface area contributed by atoms with E-state index in [1.54, 1.807) is 36.6 Å². The number of carbonyl (C=O) groups excluding carboxylic acids is 1. The van der Waals surface area contributed by atoms with E-state index in [9.17, 15) is 4.79 Å². The van der Waals surface area contributed by atoms with E-state index in [1.807, 2.05) is 0 Å². The number of imidazole rings is 1. The van der Waals surface area contributed by atoms with Crippen LogP contribution in [0.1, 0.15) is 21.9 Å². The zero-order valence-corrected chi connectivity index (χ0v) is 12.7. The molecule has 3 heterocycles. The predicted molar refractivity (Wildman–Crippen MR) is 79.1 cm³/mol. The van der Waals surface area contributed by atoms with Gasteiger partial charge in [0.1, 0.15) is 11.5 Å². The fraction of sp³-hybridized carbons (Fsp3) is 0.154. The topological polar surface area (TPSA) is 72.4 Å². The first-order chi connectivity index (χ1) is 9.95. The number of hydrogen-bond acceptors (Lipinski definition) is 4. The summed E-state index contributed by atoms with van der Waals surface area (Å²) in [6.45, 7) is 3.46. The predicted octanol–water partition coefficient (Wildman–Crippen LogP) is 3.50. The molecule has 0 aliphatic rings. The van der Waals surface area contributed by atoms with Gasteiger partial charge in [0.25, 0.3) is 5.91 Å². The van der Waals surface area contributed by atoms with Gasteiger partial charge in [-0.3, -0.25) is 9.20 Å². The lowest BCUT2D eigenvalue weighted by Gasteiger charge is -2.04. The first kappa shape index (κ1) is 13.9. The molecule has 0 saturated carbocycles. The van der Waals surface area contributed by atoms with Gasteiger partial charge in [0.2, 0.25) is 0 Å². The maximum absolute atomic E-state index is 12.4. The molecule has 0 radical (unpaired) electrons. The van der Waals surface area contributed by atoms with Crippen molar-refractivity contribution in [3.63, 3.8) is 0 Å². The maximum Gasteiger partial charge on any atom is 0.275 e. The fourth-order valence-electron chi connectivity index (χ4n) is 2.06. The summed E-state index contributed by atoms with van der Waals surface area (Å²) in [5.41, 5.74) is 1.35. The molecule has 3 rings (SSSR count). The minimum atomic E-state index is -0.369. The van der Waals surface area contributed by atoms with Crippen LogP contribution in [-0.4, -0.2) is 20.4 Å². The summed E-state index contributed by atoms with van der Waals surface area (Å²) in [5, 5.41) is 7.16. The van der Waals surface area contributed by atoms with Crippen LogP contribution in [0.4, 0.5) is 5.82 Å². The van der Waals surface area contributed by atoms with Gasteiger partial charge in [-0.2, -0.15) is 0 Å². The Balaban J connectivity index is 2.07. The third kappa shape index (κ3) is 2.48. The van der Waals surface area contributed by atoms with Crippen molar-refractivity contribution in [3.8, 4) is 0 Å². The van der Waals surface area contributed by atoms with Crippen molar-refractivity contribution in [2.75, 3.05) is 5.32 Å². The van der Waals surface area contributed by atoms with Crippen LogP contribution in [0, 0.1) is 13.8 Å². The van der Waals surface area contributed by atoms with Gasteiger partial charge in [0.15, 0.2) is 11.5 Å². The lowest BCUT2D eigenvalue weighted by atomic mass is 10.3. The van der Waals surface area contributed by atoms with E-state index in [0.29, 0.717) is 38.7 Å². The number of carbonyl (C=O) groups is 1. The molecule has 0 bridgehead atoms. The van der Waals surface area contributed by atoms with Crippen molar-refractivity contribution in [2.24, 2.45) is 0 Å². The molecular formula is C13H10Cl2N4O2. The number of anilines is 1. The highest BCUT2D eigenvalue weighted by molar-refractivity contribution is 6.36. The number of halogens is 2. The molecule has 108 valence electrons. The molecule has 3 aromatic heterocycles. The molecule has 6 nitrogen and oxygen atoms in total. The molecule has 1 amide bonds. The van der Waals surface area contributed by atoms with Crippen LogP contribution in [0.25, 0.3) is 5.65 Å². The minimum Gasteiger partial charge on any atom is -0.360 e. The lowest BCUT2D eigenvalue weighted by Crippen LogP contribution is -2.15. The van der Waals surface area contributed by atoms with Gasteiger partial charge >= 0.3 is 0 Å². The Hall–Kier alpha value is -2.05. The smallest absolute Gasteiger partial charge is 0.275 e. The highest BCUT2D eigenvalue weighted by Gasteiger charge is 2.19. The molecule has 0 aliphatic heterocycles. The summed E-state index contributed by atoms with van der Waals surface area (Å²) < 4.78 is 6.47. The third-order valence-corrected chi connectivity index (χ3v) is 3.39. The standard InChI is InChI=1S/C13H10Cl2N4O2/c1-6-3-10(18-21-6)17-13(20)11-7(2)16-12-9(15)4-8(14)5-19(11)12/h3-5H,1-2H3,(H,17,18,20). The second-order valence-corrected chi connectivity index (χ2v) is 5.37. The first-order valence-electron chi connectivity index (χ1n) is 6.04. The number of hydrogen-bond donors (Lipinski definition) is 1. The Morgan fingerprint density at radius 3 is 2.76 bits per heavy atom. The van der Waals surface area contributed by atoms with Crippen LogP contribution in [0.3, 0.4) is 0 Å². The SMILES string of the molecule is Cc1cc(NC(=O)c2c(C)nc3c(Cl)cc(Cl)cn23)no1. The number of rotatable bonds is 2. The summed E-state index contributed by atoms with van der Waals surface area (Å²) in [5.74, 6) is 0.567. The van der Waals surface area contributed by atoms with E-state index in [2.05, 4.69) is 15.5 Å². The Kier molecular flexibility index (Phi) is 3.35. The Morgan fingerprint density at radius 1 is 1.33 bits per heavy atom. The molecule has 8 heteroatoms. The lowest BCUT2D eigenvalue weighted by molar-refractivity contribution is 0.102. The van der Waals surface area contributed by atoms with Crippen LogP contribution in [0.15, 0.2) is 22.9 Å². The summed E-state index contributed by atoms with van der Waals surface area (Å²) >= 11 is 12.1. The average Bonchev–Trinajstić information content (AvgIpc) is 2.92. The van der Waals surface area contributed by atoms with Gasteiger partial charge in [-0.25, -0.2) is 4.98 Å². The Bertz CT molecular complexity index is 853. The summed E-state index contributed by atoms with van der Waals surface area (Å²) in [6.07, 6.45) is 1.59. The third-order valence-electron chi connectivity index (χ3n) is 2.90. The van der Waals surface area contributed by atoms with Crippen molar-refractivity contribution in [3.05, 3.63) is 45.5 Å². The molecule has 3 aromatic rings. The van der Waals surface area contributed by atoms with Crippen LogP contribution in [0.2, 0.25) is 10.0 Å². The zero-order chi connectivity index (χ0) is 15.1.